The van der Waals surface area contributed by atoms with Crippen LogP contribution in [0, 0.1) is 11.6 Å². The second-order valence-electron chi connectivity index (χ2n) is 8.09. The summed E-state index contributed by atoms with van der Waals surface area (Å²) < 4.78 is 72.6. The number of methoxy groups -OCH3 is 1. The van der Waals surface area contributed by atoms with Gasteiger partial charge < -0.3 is 25.3 Å². The van der Waals surface area contributed by atoms with Crippen molar-refractivity contribution in [2.45, 2.75) is 32.6 Å². The molecule has 0 radical (unpaired) electrons. The van der Waals surface area contributed by atoms with Crippen LogP contribution in [-0.2, 0) is 22.3 Å². The Bertz CT molecular complexity index is 1430. The van der Waals surface area contributed by atoms with Crippen molar-refractivity contribution in [3.05, 3.63) is 81.3 Å². The minimum atomic E-state index is -4.92. The van der Waals surface area contributed by atoms with E-state index in [4.69, 9.17) is 11.6 Å². The maximum atomic E-state index is 14.0. The molecule has 1 aliphatic rings. The van der Waals surface area contributed by atoms with Crippen LogP contribution in [0.25, 0.3) is 0 Å². The highest BCUT2D eigenvalue weighted by Gasteiger charge is 2.36. The molecule has 15 heteroatoms. The molecule has 0 aliphatic carbocycles. The smallest absolute Gasteiger partial charge is 0.388 e. The molecule has 3 N–H and O–H groups in total. The molecule has 3 aromatic rings. The Morgan fingerprint density at radius 3 is 2.29 bits per heavy atom. The third kappa shape index (κ3) is 7.79. The number of carbonyl (C=O) groups excluding carboxylic acids is 3. The largest absolute Gasteiger partial charge is 0.416 e. The molecule has 1 aromatic heterocycles. The lowest BCUT2D eigenvalue weighted by molar-refractivity contribution is -0.137. The quantitative estimate of drug-likeness (QED) is 0.365. The highest BCUT2D eigenvalue weighted by atomic mass is 35.5. The lowest BCUT2D eigenvalue weighted by Crippen LogP contribution is -2.41. The Kier molecular flexibility index (Phi) is 11.4. The number of fused-ring (bicyclic) bond motifs is 1. The highest BCUT2D eigenvalue weighted by molar-refractivity contribution is 6.31. The van der Waals surface area contributed by atoms with Crippen molar-refractivity contribution in [3.63, 3.8) is 0 Å². The number of nitrogens with one attached hydrogen (secondary N) is 3. The minimum absolute atomic E-state index is 0.00139. The molecule has 0 saturated heterocycles. The molecule has 1 aliphatic heterocycles. The number of aromatic nitrogens is 2. The van der Waals surface area contributed by atoms with E-state index in [9.17, 15) is 36.3 Å². The van der Waals surface area contributed by atoms with Gasteiger partial charge in [0.25, 0.3) is 11.8 Å². The van der Waals surface area contributed by atoms with Gasteiger partial charge in [-0.25, -0.2) is 13.8 Å². The van der Waals surface area contributed by atoms with Crippen LogP contribution >= 0.6 is 11.6 Å². The van der Waals surface area contributed by atoms with E-state index in [1.54, 1.807) is 14.2 Å². The average molecular weight is 604 g/mol. The first-order valence-corrected chi connectivity index (χ1v) is 12.3. The normalized spacial score (nSPS) is 13.9. The van der Waals surface area contributed by atoms with Gasteiger partial charge in [-0.1, -0.05) is 25.4 Å². The minimum Gasteiger partial charge on any atom is -0.388 e. The van der Waals surface area contributed by atoms with E-state index in [1.807, 2.05) is 13.8 Å². The number of hydrogen-bond donors (Lipinski definition) is 3. The van der Waals surface area contributed by atoms with Gasteiger partial charge in [0.2, 0.25) is 11.7 Å². The molecule has 1 unspecified atom stereocenters. The first-order chi connectivity index (χ1) is 19.3. The third-order valence-electron chi connectivity index (χ3n) is 5.31. The molecular weight excluding hydrogens is 577 g/mol. The standard InChI is InChI=1S/C22H15ClF5N5O3.C2H6O.C2H6/c1-29-21(36)19-31-18(32-20(35)9-4-10(22(26,27)28)6-12(25)5-9)17-16(30-15(34)8-33(17)19)13-7-11(24)2-3-14(13)23;1-3-2;1-2/h2-7,16H,8H2,1H3,(H,29,36)(H,30,34)(H,32,35);1-2H3;1-2H3. The van der Waals surface area contributed by atoms with Crippen molar-refractivity contribution in [2.24, 2.45) is 0 Å². The Labute approximate surface area is 237 Å². The van der Waals surface area contributed by atoms with E-state index in [-0.39, 0.29) is 34.0 Å². The van der Waals surface area contributed by atoms with Crippen LogP contribution in [-0.4, -0.2) is 48.5 Å². The van der Waals surface area contributed by atoms with Crippen LogP contribution in [0.4, 0.5) is 27.8 Å². The fourth-order valence-electron chi connectivity index (χ4n) is 3.74. The van der Waals surface area contributed by atoms with Crippen molar-refractivity contribution >= 4 is 35.1 Å². The van der Waals surface area contributed by atoms with Gasteiger partial charge in [-0.05, 0) is 36.4 Å². The van der Waals surface area contributed by atoms with Crippen molar-refractivity contribution in [1.82, 2.24) is 20.2 Å². The number of imidazole rings is 1. The van der Waals surface area contributed by atoms with E-state index in [2.05, 4.69) is 25.7 Å². The molecule has 2 heterocycles. The summed E-state index contributed by atoms with van der Waals surface area (Å²) >= 11 is 6.21. The molecule has 1 atom stereocenters. The predicted molar refractivity (Wildman–Crippen MR) is 141 cm³/mol. The number of alkyl halides is 3. The van der Waals surface area contributed by atoms with Crippen LogP contribution in [0.3, 0.4) is 0 Å². The fourth-order valence-corrected chi connectivity index (χ4v) is 3.97. The number of benzene rings is 2. The van der Waals surface area contributed by atoms with Crippen LogP contribution in [0.1, 0.15) is 57.7 Å². The summed E-state index contributed by atoms with van der Waals surface area (Å²) in [6, 6.07) is 3.42. The zero-order chi connectivity index (χ0) is 31.1. The number of rotatable bonds is 4. The first kappa shape index (κ1) is 33.2. The van der Waals surface area contributed by atoms with Crippen molar-refractivity contribution in [3.8, 4) is 0 Å². The second-order valence-corrected chi connectivity index (χ2v) is 8.50. The monoisotopic (exact) mass is 603 g/mol. The number of amides is 3. The molecule has 0 saturated carbocycles. The van der Waals surface area contributed by atoms with Crippen LogP contribution in [0.15, 0.2) is 36.4 Å². The second kappa shape index (κ2) is 14.0. The number of anilines is 1. The van der Waals surface area contributed by atoms with Crippen molar-refractivity contribution < 1.29 is 41.1 Å². The van der Waals surface area contributed by atoms with E-state index in [1.165, 1.54) is 13.1 Å². The zero-order valence-electron chi connectivity index (χ0n) is 22.5. The molecule has 2 aromatic carbocycles. The van der Waals surface area contributed by atoms with E-state index in [0.29, 0.717) is 12.1 Å². The van der Waals surface area contributed by atoms with Crippen molar-refractivity contribution in [1.29, 1.82) is 0 Å². The summed E-state index contributed by atoms with van der Waals surface area (Å²) in [7, 11) is 4.54. The Balaban J connectivity index is 0.00000110. The van der Waals surface area contributed by atoms with Gasteiger partial charge in [-0.3, -0.25) is 14.4 Å². The van der Waals surface area contributed by atoms with E-state index < -0.39 is 59.2 Å². The van der Waals surface area contributed by atoms with Crippen LogP contribution in [0.2, 0.25) is 5.02 Å². The molecule has 222 valence electrons. The van der Waals surface area contributed by atoms with E-state index in [0.717, 1.165) is 16.7 Å². The van der Waals surface area contributed by atoms with Gasteiger partial charge in [0.1, 0.15) is 18.2 Å². The molecular formula is C26H27ClF5N5O4. The molecule has 41 heavy (non-hydrogen) atoms. The number of ether oxygens (including phenoxy) is 1. The zero-order valence-corrected chi connectivity index (χ0v) is 23.3. The number of halogens is 6. The summed E-state index contributed by atoms with van der Waals surface area (Å²) in [4.78, 5) is 41.8. The molecule has 0 spiro atoms. The fraction of sp³-hybridized carbons (Fsp3) is 0.308. The molecule has 0 bridgehead atoms. The Hall–Kier alpha value is -4.04. The van der Waals surface area contributed by atoms with Gasteiger partial charge in [0.15, 0.2) is 5.82 Å². The first-order valence-electron chi connectivity index (χ1n) is 12.0. The summed E-state index contributed by atoms with van der Waals surface area (Å²) in [6.45, 7) is 3.59. The maximum absolute atomic E-state index is 14.0. The Morgan fingerprint density at radius 1 is 1.07 bits per heavy atom. The van der Waals surface area contributed by atoms with E-state index >= 15 is 0 Å². The summed E-state index contributed by atoms with van der Waals surface area (Å²) in [5, 5.41) is 7.20. The van der Waals surface area contributed by atoms with Crippen LogP contribution < -0.4 is 16.0 Å². The summed E-state index contributed by atoms with van der Waals surface area (Å²) in [5.74, 6) is -5.16. The maximum Gasteiger partial charge on any atom is 0.416 e. The van der Waals surface area contributed by atoms with Crippen LogP contribution in [0.5, 0.6) is 0 Å². The van der Waals surface area contributed by atoms with Gasteiger partial charge in [-0.2, -0.15) is 13.2 Å². The lowest BCUT2D eigenvalue weighted by Gasteiger charge is -2.28. The lowest BCUT2D eigenvalue weighted by atomic mass is 10.0. The third-order valence-corrected chi connectivity index (χ3v) is 5.65. The topological polar surface area (TPSA) is 114 Å². The summed E-state index contributed by atoms with van der Waals surface area (Å²) in [6.07, 6.45) is -4.92. The predicted octanol–water partition coefficient (Wildman–Crippen LogP) is 4.95. The van der Waals surface area contributed by atoms with Gasteiger partial charge >= 0.3 is 6.18 Å². The summed E-state index contributed by atoms with van der Waals surface area (Å²) in [5.41, 5.74) is -2.00. The molecule has 9 nitrogen and oxygen atoms in total. The Morgan fingerprint density at radius 2 is 1.71 bits per heavy atom. The molecule has 0 fully saturated rings. The highest BCUT2D eigenvalue weighted by Crippen LogP contribution is 2.36. The number of hydrogen-bond acceptors (Lipinski definition) is 5. The number of carbonyl (C=O) groups is 3. The molecule has 4 rings (SSSR count). The molecule has 3 amide bonds. The van der Waals surface area contributed by atoms with Gasteiger partial charge in [0.05, 0.1) is 17.3 Å². The average Bonchev–Trinajstić information content (AvgIpc) is 3.27. The SMILES string of the molecule is CC.CNC(=O)c1nc(NC(=O)c2cc(F)cc(C(F)(F)F)c2)c2n1CC(=O)NC2c1cc(F)ccc1Cl.COC. The van der Waals surface area contributed by atoms with Crippen molar-refractivity contribution in [2.75, 3.05) is 26.6 Å². The van der Waals surface area contributed by atoms with Gasteiger partial charge in [-0.15, -0.1) is 0 Å². The number of nitrogens with zero attached hydrogens (tertiary/aromatic N) is 2. The van der Waals surface area contributed by atoms with Gasteiger partial charge in [0, 0.05) is 37.4 Å².